The third-order valence-corrected chi connectivity index (χ3v) is 3.42. The van der Waals surface area contributed by atoms with E-state index in [9.17, 15) is 0 Å². The lowest BCUT2D eigenvalue weighted by atomic mass is 9.85. The molecule has 0 atom stereocenters. The van der Waals surface area contributed by atoms with Crippen molar-refractivity contribution in [2.45, 2.75) is 38.1 Å². The van der Waals surface area contributed by atoms with Crippen molar-refractivity contribution in [2.75, 3.05) is 0 Å². The molecule has 0 radical (unpaired) electrons. The zero-order chi connectivity index (χ0) is 13.6. The van der Waals surface area contributed by atoms with Crippen LogP contribution in [0.5, 0.6) is 0 Å². The van der Waals surface area contributed by atoms with Crippen LogP contribution in [-0.4, -0.2) is 9.97 Å². The van der Waals surface area contributed by atoms with E-state index < -0.39 is 5.54 Å². The molecule has 0 saturated heterocycles. The molecule has 0 amide bonds. The number of hydrogen-bond acceptors (Lipinski definition) is 3. The van der Waals surface area contributed by atoms with Crippen LogP contribution in [0.2, 0.25) is 0 Å². The van der Waals surface area contributed by atoms with Crippen LogP contribution in [-0.2, 0) is 5.54 Å². The lowest BCUT2D eigenvalue weighted by Crippen LogP contribution is -2.39. The molecule has 2 aromatic rings. The van der Waals surface area contributed by atoms with E-state index in [4.69, 9.17) is 5.73 Å². The van der Waals surface area contributed by atoms with Crippen molar-refractivity contribution in [1.82, 2.24) is 9.97 Å². The lowest BCUT2D eigenvalue weighted by molar-refractivity contribution is 0.438. The summed E-state index contributed by atoms with van der Waals surface area (Å²) in [5.41, 5.74) is 7.86. The van der Waals surface area contributed by atoms with Crippen LogP contribution in [0, 0.1) is 0 Å². The zero-order valence-corrected chi connectivity index (χ0v) is 11.4. The summed E-state index contributed by atoms with van der Waals surface area (Å²) in [6, 6.07) is 11.8. The molecule has 0 fully saturated rings. The number of hydrogen-bond donors (Lipinski definition) is 1. The minimum Gasteiger partial charge on any atom is -0.315 e. The molecule has 0 aliphatic heterocycles. The molecule has 100 valence electrons. The first kappa shape index (κ1) is 13.7. The Morgan fingerprint density at radius 2 is 1.53 bits per heavy atom. The van der Waals surface area contributed by atoms with Crippen molar-refractivity contribution in [1.29, 1.82) is 0 Å². The van der Waals surface area contributed by atoms with Crippen LogP contribution < -0.4 is 5.73 Å². The average molecular weight is 255 g/mol. The summed E-state index contributed by atoms with van der Waals surface area (Å²) in [6.07, 6.45) is 7.90. The Kier molecular flexibility index (Phi) is 4.63. The molecular formula is C16H21N3. The fourth-order valence-electron chi connectivity index (χ4n) is 2.29. The summed E-state index contributed by atoms with van der Waals surface area (Å²) >= 11 is 0. The molecule has 0 bridgehead atoms. The number of aromatic nitrogens is 2. The molecular weight excluding hydrogens is 234 g/mol. The van der Waals surface area contributed by atoms with Crippen LogP contribution in [0.15, 0.2) is 48.8 Å². The van der Waals surface area contributed by atoms with Gasteiger partial charge in [0.1, 0.15) is 5.54 Å². The zero-order valence-electron chi connectivity index (χ0n) is 11.4. The summed E-state index contributed by atoms with van der Waals surface area (Å²) < 4.78 is 0. The number of pyridine rings is 2. The van der Waals surface area contributed by atoms with Gasteiger partial charge in [-0.15, -0.1) is 0 Å². The summed E-state index contributed by atoms with van der Waals surface area (Å²) in [5.74, 6) is 0. The van der Waals surface area contributed by atoms with Crippen LogP contribution in [0.4, 0.5) is 0 Å². The van der Waals surface area contributed by atoms with E-state index in [0.717, 1.165) is 24.2 Å². The van der Waals surface area contributed by atoms with Crippen molar-refractivity contribution >= 4 is 0 Å². The summed E-state index contributed by atoms with van der Waals surface area (Å²) in [6.45, 7) is 2.19. The molecule has 0 aliphatic rings. The van der Waals surface area contributed by atoms with Crippen molar-refractivity contribution in [3.05, 3.63) is 60.2 Å². The topological polar surface area (TPSA) is 51.8 Å². The van der Waals surface area contributed by atoms with Gasteiger partial charge in [0, 0.05) is 12.4 Å². The Bertz CT molecular complexity index is 442. The molecule has 0 aromatic carbocycles. The van der Waals surface area contributed by atoms with Crippen LogP contribution in [0.1, 0.15) is 44.0 Å². The molecule has 2 aromatic heterocycles. The number of rotatable bonds is 6. The summed E-state index contributed by atoms with van der Waals surface area (Å²) in [4.78, 5) is 8.88. The van der Waals surface area contributed by atoms with Crippen molar-refractivity contribution in [3.8, 4) is 0 Å². The Morgan fingerprint density at radius 1 is 0.947 bits per heavy atom. The standard InChI is InChI=1S/C16H21N3/c1-2-3-6-11-16(17,14-9-4-7-12-18-14)15-10-5-8-13-19-15/h4-5,7-10,12-13H,2-3,6,11,17H2,1H3. The van der Waals surface area contributed by atoms with Gasteiger partial charge in [0.25, 0.3) is 0 Å². The van der Waals surface area contributed by atoms with E-state index in [1.54, 1.807) is 12.4 Å². The summed E-state index contributed by atoms with van der Waals surface area (Å²) in [7, 11) is 0. The average Bonchev–Trinajstić information content (AvgIpc) is 2.49. The SMILES string of the molecule is CCCCCC(N)(c1ccccn1)c1ccccn1. The van der Waals surface area contributed by atoms with Gasteiger partial charge in [-0.05, 0) is 30.7 Å². The molecule has 0 saturated carbocycles. The van der Waals surface area contributed by atoms with Crippen molar-refractivity contribution in [2.24, 2.45) is 5.73 Å². The second-order valence-electron chi connectivity index (χ2n) is 4.86. The maximum atomic E-state index is 6.66. The normalized spacial score (nSPS) is 11.5. The number of nitrogens with zero attached hydrogens (tertiary/aromatic N) is 2. The van der Waals surface area contributed by atoms with E-state index in [1.165, 1.54) is 12.8 Å². The molecule has 19 heavy (non-hydrogen) atoms. The van der Waals surface area contributed by atoms with E-state index in [2.05, 4.69) is 16.9 Å². The lowest BCUT2D eigenvalue weighted by Gasteiger charge is -2.28. The third-order valence-electron chi connectivity index (χ3n) is 3.42. The van der Waals surface area contributed by atoms with Gasteiger partial charge in [-0.25, -0.2) is 0 Å². The largest absolute Gasteiger partial charge is 0.315 e. The maximum Gasteiger partial charge on any atom is 0.101 e. The molecule has 2 heterocycles. The highest BCUT2D eigenvalue weighted by Crippen LogP contribution is 2.29. The van der Waals surface area contributed by atoms with Crippen LogP contribution >= 0.6 is 0 Å². The fraction of sp³-hybridized carbons (Fsp3) is 0.375. The smallest absolute Gasteiger partial charge is 0.101 e. The van der Waals surface area contributed by atoms with Gasteiger partial charge in [0.15, 0.2) is 0 Å². The van der Waals surface area contributed by atoms with E-state index >= 15 is 0 Å². The van der Waals surface area contributed by atoms with Crippen LogP contribution in [0.25, 0.3) is 0 Å². The highest BCUT2D eigenvalue weighted by molar-refractivity contribution is 5.29. The third kappa shape index (κ3) is 3.18. The number of nitrogens with two attached hydrogens (primary N) is 1. The molecule has 3 nitrogen and oxygen atoms in total. The second kappa shape index (κ2) is 6.43. The molecule has 0 aliphatic carbocycles. The van der Waals surface area contributed by atoms with Gasteiger partial charge >= 0.3 is 0 Å². The van der Waals surface area contributed by atoms with E-state index in [0.29, 0.717) is 0 Å². The molecule has 2 rings (SSSR count). The molecule has 0 unspecified atom stereocenters. The highest BCUT2D eigenvalue weighted by atomic mass is 14.9. The minimum atomic E-state index is -0.586. The van der Waals surface area contributed by atoms with Crippen molar-refractivity contribution in [3.63, 3.8) is 0 Å². The maximum absolute atomic E-state index is 6.66. The van der Waals surface area contributed by atoms with E-state index in [-0.39, 0.29) is 0 Å². The Balaban J connectivity index is 2.33. The Morgan fingerprint density at radius 3 is 1.95 bits per heavy atom. The van der Waals surface area contributed by atoms with Gasteiger partial charge in [-0.1, -0.05) is 38.3 Å². The predicted molar refractivity (Wildman–Crippen MR) is 77.6 cm³/mol. The predicted octanol–water partition coefficient (Wildman–Crippen LogP) is 3.26. The molecule has 2 N–H and O–H groups in total. The van der Waals surface area contributed by atoms with Gasteiger partial charge in [0.05, 0.1) is 11.4 Å². The first-order valence-electron chi connectivity index (χ1n) is 6.89. The summed E-state index contributed by atoms with van der Waals surface area (Å²) in [5, 5.41) is 0. The minimum absolute atomic E-state index is 0.586. The molecule has 3 heteroatoms. The quantitative estimate of drug-likeness (QED) is 0.806. The van der Waals surface area contributed by atoms with Gasteiger partial charge in [-0.2, -0.15) is 0 Å². The van der Waals surface area contributed by atoms with E-state index in [1.807, 2.05) is 36.4 Å². The fourth-order valence-corrected chi connectivity index (χ4v) is 2.29. The Labute approximate surface area is 114 Å². The van der Waals surface area contributed by atoms with Gasteiger partial charge in [0.2, 0.25) is 0 Å². The monoisotopic (exact) mass is 255 g/mol. The van der Waals surface area contributed by atoms with Gasteiger partial charge < -0.3 is 5.73 Å². The first-order valence-corrected chi connectivity index (χ1v) is 6.89. The van der Waals surface area contributed by atoms with Gasteiger partial charge in [-0.3, -0.25) is 9.97 Å². The highest BCUT2D eigenvalue weighted by Gasteiger charge is 2.31. The second-order valence-corrected chi connectivity index (χ2v) is 4.86. The first-order chi connectivity index (χ1) is 9.27. The molecule has 0 spiro atoms. The van der Waals surface area contributed by atoms with Crippen molar-refractivity contribution < 1.29 is 0 Å². The van der Waals surface area contributed by atoms with Crippen LogP contribution in [0.3, 0.4) is 0 Å². The Hall–Kier alpha value is -1.74. The number of unbranched alkanes of at least 4 members (excludes halogenated alkanes) is 2.